The van der Waals surface area contributed by atoms with Gasteiger partial charge in [0, 0.05) is 19.0 Å². The molecule has 0 aromatic heterocycles. The van der Waals surface area contributed by atoms with Crippen molar-refractivity contribution >= 4 is 5.91 Å². The molecule has 0 aromatic carbocycles. The van der Waals surface area contributed by atoms with Gasteiger partial charge in [0.15, 0.2) is 0 Å². The number of carbonyl (C=O) groups is 1. The van der Waals surface area contributed by atoms with Gasteiger partial charge < -0.3 is 10.6 Å². The van der Waals surface area contributed by atoms with E-state index in [1.54, 1.807) is 0 Å². The summed E-state index contributed by atoms with van der Waals surface area (Å²) in [6.45, 7) is 8.41. The fourth-order valence-electron chi connectivity index (χ4n) is 2.73. The molecule has 1 fully saturated rings. The molecular weight excluding hydrogens is 224 g/mol. The molecule has 0 aliphatic heterocycles. The second kappa shape index (κ2) is 8.52. The van der Waals surface area contributed by atoms with E-state index in [4.69, 9.17) is 0 Å². The van der Waals surface area contributed by atoms with E-state index in [2.05, 4.69) is 31.4 Å². The van der Waals surface area contributed by atoms with E-state index in [0.717, 1.165) is 25.4 Å². The van der Waals surface area contributed by atoms with Gasteiger partial charge in [-0.25, -0.2) is 0 Å². The predicted octanol–water partition coefficient (Wildman–Crippen LogP) is 2.71. The second-order valence-corrected chi connectivity index (χ2v) is 6.15. The van der Waals surface area contributed by atoms with Gasteiger partial charge in [-0.05, 0) is 37.6 Å². The predicted molar refractivity (Wildman–Crippen MR) is 76.5 cm³/mol. The summed E-state index contributed by atoms with van der Waals surface area (Å²) in [4.78, 5) is 11.7. The van der Waals surface area contributed by atoms with Gasteiger partial charge in [-0.3, -0.25) is 4.79 Å². The van der Waals surface area contributed by atoms with Gasteiger partial charge in [0.2, 0.25) is 5.91 Å². The molecule has 1 saturated carbocycles. The van der Waals surface area contributed by atoms with Gasteiger partial charge in [0.05, 0.1) is 0 Å². The van der Waals surface area contributed by atoms with Crippen molar-refractivity contribution in [1.29, 1.82) is 0 Å². The SMILES string of the molecule is CC1CCCC(CNC(=O)CCCNC(C)C)C1. The maximum Gasteiger partial charge on any atom is 0.220 e. The second-order valence-electron chi connectivity index (χ2n) is 6.15. The Hall–Kier alpha value is -0.570. The fourth-order valence-corrected chi connectivity index (χ4v) is 2.73. The van der Waals surface area contributed by atoms with Gasteiger partial charge in [-0.15, -0.1) is 0 Å². The van der Waals surface area contributed by atoms with Crippen molar-refractivity contribution in [2.75, 3.05) is 13.1 Å². The van der Waals surface area contributed by atoms with Gasteiger partial charge >= 0.3 is 0 Å². The quantitative estimate of drug-likeness (QED) is 0.686. The average Bonchev–Trinajstić information content (AvgIpc) is 2.32. The van der Waals surface area contributed by atoms with Crippen molar-refractivity contribution in [3.05, 3.63) is 0 Å². The lowest BCUT2D eigenvalue weighted by atomic mass is 9.82. The Morgan fingerprint density at radius 3 is 2.78 bits per heavy atom. The van der Waals surface area contributed by atoms with Crippen LogP contribution in [0.15, 0.2) is 0 Å². The minimum atomic E-state index is 0.221. The summed E-state index contributed by atoms with van der Waals surface area (Å²) in [5.74, 6) is 1.78. The third kappa shape index (κ3) is 7.00. The molecule has 2 unspecified atom stereocenters. The molecule has 0 radical (unpaired) electrons. The van der Waals surface area contributed by atoms with Crippen molar-refractivity contribution in [2.45, 2.75) is 65.3 Å². The Balaban J connectivity index is 2.02. The molecule has 3 nitrogen and oxygen atoms in total. The van der Waals surface area contributed by atoms with Crippen molar-refractivity contribution in [3.8, 4) is 0 Å². The van der Waals surface area contributed by atoms with E-state index >= 15 is 0 Å². The first kappa shape index (κ1) is 15.5. The van der Waals surface area contributed by atoms with Gasteiger partial charge in [-0.2, -0.15) is 0 Å². The summed E-state index contributed by atoms with van der Waals surface area (Å²) in [6, 6.07) is 0.511. The van der Waals surface area contributed by atoms with Crippen LogP contribution in [0.1, 0.15) is 59.3 Å². The first-order valence-electron chi connectivity index (χ1n) is 7.58. The van der Waals surface area contributed by atoms with Crippen LogP contribution in [0.5, 0.6) is 0 Å². The molecule has 1 rings (SSSR count). The molecule has 1 amide bonds. The van der Waals surface area contributed by atoms with Crippen LogP contribution in [-0.4, -0.2) is 25.0 Å². The third-order valence-corrected chi connectivity index (χ3v) is 3.77. The molecular formula is C15H30N2O. The third-order valence-electron chi connectivity index (χ3n) is 3.77. The highest BCUT2D eigenvalue weighted by Gasteiger charge is 2.18. The molecule has 2 N–H and O–H groups in total. The lowest BCUT2D eigenvalue weighted by Crippen LogP contribution is -2.32. The highest BCUT2D eigenvalue weighted by Crippen LogP contribution is 2.27. The normalized spacial score (nSPS) is 24.2. The van der Waals surface area contributed by atoms with Crippen molar-refractivity contribution < 1.29 is 4.79 Å². The molecule has 0 saturated heterocycles. The molecule has 0 bridgehead atoms. The average molecular weight is 254 g/mol. The Morgan fingerprint density at radius 1 is 1.33 bits per heavy atom. The Kier molecular flexibility index (Phi) is 7.33. The highest BCUT2D eigenvalue weighted by molar-refractivity contribution is 5.75. The molecule has 2 atom stereocenters. The first-order valence-corrected chi connectivity index (χ1v) is 7.58. The van der Waals surface area contributed by atoms with E-state index in [-0.39, 0.29) is 5.91 Å². The first-order chi connectivity index (χ1) is 8.58. The zero-order chi connectivity index (χ0) is 13.4. The fraction of sp³-hybridized carbons (Fsp3) is 0.933. The van der Waals surface area contributed by atoms with Crippen molar-refractivity contribution in [1.82, 2.24) is 10.6 Å². The number of hydrogen-bond acceptors (Lipinski definition) is 2. The Bertz CT molecular complexity index is 241. The van der Waals surface area contributed by atoms with Crippen LogP contribution in [0, 0.1) is 11.8 Å². The van der Waals surface area contributed by atoms with Crippen LogP contribution in [0.4, 0.5) is 0 Å². The van der Waals surface area contributed by atoms with E-state index in [0.29, 0.717) is 18.4 Å². The minimum Gasteiger partial charge on any atom is -0.356 e. The summed E-state index contributed by atoms with van der Waals surface area (Å²) in [5, 5.41) is 6.43. The van der Waals surface area contributed by atoms with Crippen LogP contribution in [0.2, 0.25) is 0 Å². The number of carbonyl (C=O) groups excluding carboxylic acids is 1. The molecule has 1 aliphatic carbocycles. The number of rotatable bonds is 7. The van der Waals surface area contributed by atoms with Crippen LogP contribution < -0.4 is 10.6 Å². The molecule has 0 spiro atoms. The molecule has 106 valence electrons. The topological polar surface area (TPSA) is 41.1 Å². The Morgan fingerprint density at radius 2 is 2.11 bits per heavy atom. The summed E-state index contributed by atoms with van der Waals surface area (Å²) >= 11 is 0. The van der Waals surface area contributed by atoms with Crippen molar-refractivity contribution in [3.63, 3.8) is 0 Å². The van der Waals surface area contributed by atoms with Crippen LogP contribution in [0.25, 0.3) is 0 Å². The van der Waals surface area contributed by atoms with Gasteiger partial charge in [-0.1, -0.05) is 33.6 Å². The molecule has 3 heteroatoms. The standard InChI is InChI=1S/C15H30N2O/c1-12(2)16-9-5-8-15(18)17-11-14-7-4-6-13(3)10-14/h12-14,16H,4-11H2,1-3H3,(H,17,18). The summed E-state index contributed by atoms with van der Waals surface area (Å²) in [7, 11) is 0. The maximum absolute atomic E-state index is 11.7. The molecule has 18 heavy (non-hydrogen) atoms. The summed E-state index contributed by atoms with van der Waals surface area (Å²) < 4.78 is 0. The lowest BCUT2D eigenvalue weighted by molar-refractivity contribution is -0.121. The van der Waals surface area contributed by atoms with Crippen molar-refractivity contribution in [2.24, 2.45) is 11.8 Å². The monoisotopic (exact) mass is 254 g/mol. The summed E-state index contributed by atoms with van der Waals surface area (Å²) in [5.41, 5.74) is 0. The van der Waals surface area contributed by atoms with E-state index < -0.39 is 0 Å². The smallest absolute Gasteiger partial charge is 0.220 e. The number of amides is 1. The van der Waals surface area contributed by atoms with Gasteiger partial charge in [0.25, 0.3) is 0 Å². The highest BCUT2D eigenvalue weighted by atomic mass is 16.1. The van der Waals surface area contributed by atoms with Crippen LogP contribution in [0.3, 0.4) is 0 Å². The zero-order valence-corrected chi connectivity index (χ0v) is 12.3. The Labute approximate surface area is 112 Å². The maximum atomic E-state index is 11.7. The lowest BCUT2D eigenvalue weighted by Gasteiger charge is -2.26. The number of hydrogen-bond donors (Lipinski definition) is 2. The van der Waals surface area contributed by atoms with Crippen LogP contribution in [-0.2, 0) is 4.79 Å². The molecule has 0 aromatic rings. The van der Waals surface area contributed by atoms with E-state index in [1.807, 2.05) is 0 Å². The summed E-state index contributed by atoms with van der Waals surface area (Å²) in [6.07, 6.45) is 6.87. The molecule has 0 heterocycles. The minimum absolute atomic E-state index is 0.221. The largest absolute Gasteiger partial charge is 0.356 e. The molecule has 1 aliphatic rings. The van der Waals surface area contributed by atoms with E-state index in [1.165, 1.54) is 25.7 Å². The van der Waals surface area contributed by atoms with Crippen LogP contribution >= 0.6 is 0 Å². The van der Waals surface area contributed by atoms with E-state index in [9.17, 15) is 4.79 Å². The zero-order valence-electron chi connectivity index (χ0n) is 12.3. The number of nitrogens with one attached hydrogen (secondary N) is 2. The van der Waals surface area contributed by atoms with Gasteiger partial charge in [0.1, 0.15) is 0 Å².